The van der Waals surface area contributed by atoms with Gasteiger partial charge in [-0.1, -0.05) is 41.4 Å². The lowest BCUT2D eigenvalue weighted by Gasteiger charge is -2.29. The Bertz CT molecular complexity index is 1410. The Labute approximate surface area is 220 Å². The number of thiocarbonyl (C=S) groups is 1. The summed E-state index contributed by atoms with van der Waals surface area (Å²) in [5, 5.41) is 5.33. The number of pyridine rings is 1. The maximum atomic E-state index is 6.61. The fourth-order valence-corrected chi connectivity index (χ4v) is 5.71. The average Bonchev–Trinajstić information content (AvgIpc) is 3.35. The molecular formula is C27H24Cl2N4OS. The van der Waals surface area contributed by atoms with Gasteiger partial charge in [0.15, 0.2) is 5.11 Å². The molecule has 0 spiro atoms. The second-order valence-corrected chi connectivity index (χ2v) is 9.66. The van der Waals surface area contributed by atoms with Crippen LogP contribution in [0, 0.1) is 13.8 Å². The number of hydrogen-bond donors (Lipinski definition) is 1. The van der Waals surface area contributed by atoms with E-state index < -0.39 is 0 Å². The van der Waals surface area contributed by atoms with Gasteiger partial charge in [0, 0.05) is 22.6 Å². The molecule has 0 amide bonds. The van der Waals surface area contributed by atoms with E-state index in [9.17, 15) is 0 Å². The first-order chi connectivity index (χ1) is 16.9. The third kappa shape index (κ3) is 4.16. The summed E-state index contributed by atoms with van der Waals surface area (Å²) in [4.78, 5) is 6.79. The van der Waals surface area contributed by atoms with Crippen molar-refractivity contribution >= 4 is 46.2 Å². The molecule has 4 aromatic rings. The van der Waals surface area contributed by atoms with E-state index >= 15 is 0 Å². The molecule has 2 atom stereocenters. The summed E-state index contributed by atoms with van der Waals surface area (Å²) in [6.45, 7) is 4.18. The molecule has 1 fully saturated rings. The number of ether oxygens (including phenoxy) is 1. The lowest BCUT2D eigenvalue weighted by molar-refractivity contribution is 0.414. The molecule has 0 unspecified atom stereocenters. The van der Waals surface area contributed by atoms with Gasteiger partial charge in [-0.3, -0.25) is 4.98 Å². The third-order valence-corrected chi connectivity index (χ3v) is 7.23. The molecular weight excluding hydrogens is 499 g/mol. The zero-order valence-electron chi connectivity index (χ0n) is 19.5. The Hall–Kier alpha value is -3.06. The van der Waals surface area contributed by atoms with Crippen molar-refractivity contribution in [3.63, 3.8) is 0 Å². The normalized spacial score (nSPS) is 17.5. The fourth-order valence-electron chi connectivity index (χ4n) is 4.88. The molecule has 8 heteroatoms. The summed E-state index contributed by atoms with van der Waals surface area (Å²) in [5.74, 6) is 0.748. The number of halogens is 2. The van der Waals surface area contributed by atoms with Crippen LogP contribution in [0.3, 0.4) is 0 Å². The molecule has 1 N–H and O–H groups in total. The Morgan fingerprint density at radius 3 is 2.46 bits per heavy atom. The summed E-state index contributed by atoms with van der Waals surface area (Å²) in [6, 6.07) is 21.3. The number of aromatic nitrogens is 2. The molecule has 5 nitrogen and oxygen atoms in total. The minimum Gasteiger partial charge on any atom is -0.495 e. The summed E-state index contributed by atoms with van der Waals surface area (Å²) in [7, 11) is 1.67. The average molecular weight is 523 g/mol. The number of methoxy groups -OCH3 is 1. The van der Waals surface area contributed by atoms with Gasteiger partial charge in [-0.05, 0) is 80.2 Å². The highest BCUT2D eigenvalue weighted by Crippen LogP contribution is 2.46. The van der Waals surface area contributed by atoms with Crippen LogP contribution >= 0.6 is 35.4 Å². The molecule has 5 rings (SSSR count). The molecule has 1 saturated heterocycles. The SMILES string of the molecule is COc1ccccc1N1C(=S)N[C@@H](c2ccccn2)[C@@H]1c1cc(C)n(-c2ccc(Cl)cc2Cl)c1C. The molecule has 1 aliphatic heterocycles. The zero-order chi connectivity index (χ0) is 24.7. The highest BCUT2D eigenvalue weighted by molar-refractivity contribution is 7.80. The van der Waals surface area contributed by atoms with Crippen molar-refractivity contribution in [2.24, 2.45) is 0 Å². The van der Waals surface area contributed by atoms with E-state index in [1.54, 1.807) is 19.4 Å². The summed E-state index contributed by atoms with van der Waals surface area (Å²) in [5.41, 5.74) is 5.91. The van der Waals surface area contributed by atoms with Gasteiger partial charge in [0.2, 0.25) is 0 Å². The standard InChI is InChI=1S/C27H24Cl2N4OS/c1-16-14-19(17(2)32(16)22-12-11-18(28)15-20(22)29)26-25(21-8-6-7-13-30-21)31-27(35)33(26)23-9-4-5-10-24(23)34-3/h4-15,25-26H,1-3H3,(H,31,35)/t25-,26-/m0/s1. The summed E-state index contributed by atoms with van der Waals surface area (Å²) >= 11 is 18.7. The van der Waals surface area contributed by atoms with Crippen molar-refractivity contribution in [3.05, 3.63) is 106 Å². The van der Waals surface area contributed by atoms with Crippen molar-refractivity contribution < 1.29 is 4.74 Å². The van der Waals surface area contributed by atoms with Crippen molar-refractivity contribution in [1.82, 2.24) is 14.9 Å². The highest BCUT2D eigenvalue weighted by Gasteiger charge is 2.43. The predicted molar refractivity (Wildman–Crippen MR) is 146 cm³/mol. The van der Waals surface area contributed by atoms with Gasteiger partial charge in [0.05, 0.1) is 41.3 Å². The third-order valence-electron chi connectivity index (χ3n) is 6.38. The second-order valence-electron chi connectivity index (χ2n) is 8.43. The lowest BCUT2D eigenvalue weighted by atomic mass is 9.96. The summed E-state index contributed by atoms with van der Waals surface area (Å²) < 4.78 is 7.86. The van der Waals surface area contributed by atoms with E-state index in [1.165, 1.54) is 0 Å². The Morgan fingerprint density at radius 2 is 1.74 bits per heavy atom. The molecule has 35 heavy (non-hydrogen) atoms. The van der Waals surface area contributed by atoms with Gasteiger partial charge in [-0.15, -0.1) is 0 Å². The van der Waals surface area contributed by atoms with Crippen LogP contribution < -0.4 is 15.0 Å². The van der Waals surface area contributed by atoms with Crippen LogP contribution in [0.1, 0.15) is 34.7 Å². The van der Waals surface area contributed by atoms with E-state index in [-0.39, 0.29) is 12.1 Å². The molecule has 3 heterocycles. The van der Waals surface area contributed by atoms with Crippen LogP contribution in [-0.2, 0) is 0 Å². The predicted octanol–water partition coefficient (Wildman–Crippen LogP) is 6.98. The Morgan fingerprint density at radius 1 is 0.971 bits per heavy atom. The number of benzene rings is 2. The van der Waals surface area contributed by atoms with E-state index in [0.29, 0.717) is 15.2 Å². The number of para-hydroxylation sites is 2. The van der Waals surface area contributed by atoms with Crippen LogP contribution in [0.5, 0.6) is 5.75 Å². The minimum absolute atomic E-state index is 0.164. The molecule has 0 radical (unpaired) electrons. The first-order valence-electron chi connectivity index (χ1n) is 11.2. The monoisotopic (exact) mass is 522 g/mol. The Balaban J connectivity index is 1.71. The van der Waals surface area contributed by atoms with Crippen molar-refractivity contribution in [2.45, 2.75) is 25.9 Å². The quantitative estimate of drug-likeness (QED) is 0.286. The molecule has 2 aromatic carbocycles. The fraction of sp³-hybridized carbons (Fsp3) is 0.185. The van der Waals surface area contributed by atoms with E-state index in [4.69, 9.17) is 40.2 Å². The number of aryl methyl sites for hydroxylation is 1. The largest absolute Gasteiger partial charge is 0.495 e. The van der Waals surface area contributed by atoms with E-state index in [1.807, 2.05) is 54.6 Å². The van der Waals surface area contributed by atoms with Crippen molar-refractivity contribution in [1.29, 1.82) is 0 Å². The second kappa shape index (κ2) is 9.53. The van der Waals surface area contributed by atoms with E-state index in [0.717, 1.165) is 39.8 Å². The zero-order valence-corrected chi connectivity index (χ0v) is 21.8. The molecule has 178 valence electrons. The number of nitrogens with one attached hydrogen (secondary N) is 1. The van der Waals surface area contributed by atoms with Gasteiger partial charge in [-0.2, -0.15) is 0 Å². The molecule has 0 aliphatic carbocycles. The van der Waals surface area contributed by atoms with Crippen LogP contribution in [0.4, 0.5) is 5.69 Å². The van der Waals surface area contributed by atoms with Gasteiger partial charge in [-0.25, -0.2) is 0 Å². The first-order valence-corrected chi connectivity index (χ1v) is 12.3. The van der Waals surface area contributed by atoms with Gasteiger partial charge in [0.1, 0.15) is 5.75 Å². The highest BCUT2D eigenvalue weighted by atomic mass is 35.5. The van der Waals surface area contributed by atoms with Gasteiger partial charge in [0.25, 0.3) is 0 Å². The Kier molecular flexibility index (Phi) is 6.45. The molecule has 2 aromatic heterocycles. The minimum atomic E-state index is -0.167. The van der Waals surface area contributed by atoms with Crippen LogP contribution in [0.2, 0.25) is 10.0 Å². The lowest BCUT2D eigenvalue weighted by Crippen LogP contribution is -2.30. The van der Waals surface area contributed by atoms with Gasteiger partial charge >= 0.3 is 0 Å². The number of nitrogens with zero attached hydrogens (tertiary/aromatic N) is 3. The van der Waals surface area contributed by atoms with Crippen LogP contribution in [-0.4, -0.2) is 21.8 Å². The number of anilines is 1. The first kappa shape index (κ1) is 23.7. The maximum absolute atomic E-state index is 6.61. The van der Waals surface area contributed by atoms with Crippen molar-refractivity contribution in [2.75, 3.05) is 12.0 Å². The molecule has 0 bridgehead atoms. The summed E-state index contributed by atoms with van der Waals surface area (Å²) in [6.07, 6.45) is 1.81. The van der Waals surface area contributed by atoms with Crippen LogP contribution in [0.15, 0.2) is 72.9 Å². The number of rotatable bonds is 5. The molecule has 0 saturated carbocycles. The molecule has 1 aliphatic rings. The van der Waals surface area contributed by atoms with Crippen molar-refractivity contribution in [3.8, 4) is 11.4 Å². The van der Waals surface area contributed by atoms with Gasteiger partial charge < -0.3 is 19.5 Å². The van der Waals surface area contributed by atoms with E-state index in [2.05, 4.69) is 39.7 Å². The maximum Gasteiger partial charge on any atom is 0.174 e. The smallest absolute Gasteiger partial charge is 0.174 e. The topological polar surface area (TPSA) is 42.3 Å². The van der Waals surface area contributed by atoms with Crippen LogP contribution in [0.25, 0.3) is 5.69 Å². The number of hydrogen-bond acceptors (Lipinski definition) is 3.